The average Bonchev–Trinajstić information content (AvgIpc) is 1.88. The number of methoxy groups -OCH3 is 2. The van der Waals surface area contributed by atoms with Gasteiger partial charge in [-0.15, -0.1) is 12.6 Å². The van der Waals surface area contributed by atoms with Crippen molar-refractivity contribution in [1.29, 1.82) is 0 Å². The lowest BCUT2D eigenvalue weighted by Crippen LogP contribution is -2.49. The van der Waals surface area contributed by atoms with E-state index in [1.54, 1.807) is 14.2 Å². The zero-order valence-corrected chi connectivity index (χ0v) is 10.2. The fourth-order valence-corrected chi connectivity index (χ4v) is 0.731. The zero-order chi connectivity index (χ0) is 8.41. The van der Waals surface area contributed by atoms with Gasteiger partial charge in [-0.05, 0) is 13.8 Å². The Labute approximate surface area is 71.1 Å². The molecule has 0 heterocycles. The van der Waals surface area contributed by atoms with Crippen LogP contribution in [0.25, 0.3) is 0 Å². The molecule has 0 saturated carbocycles. The van der Waals surface area contributed by atoms with E-state index in [0.717, 1.165) is 10.2 Å². The van der Waals surface area contributed by atoms with Gasteiger partial charge in [0.1, 0.15) is 4.56 Å². The third kappa shape index (κ3) is 1.98. The molecule has 0 aromatic rings. The van der Waals surface area contributed by atoms with Crippen LogP contribution >= 0.6 is 12.6 Å². The predicted molar refractivity (Wildman–Crippen MR) is 49.8 cm³/mol. The fourth-order valence-electron chi connectivity index (χ4n) is 0.435. The van der Waals surface area contributed by atoms with E-state index in [1.807, 2.05) is 13.8 Å². The molecule has 0 saturated heterocycles. The van der Waals surface area contributed by atoms with Crippen LogP contribution in [0.4, 0.5) is 0 Å². The zero-order valence-electron chi connectivity index (χ0n) is 7.26. The summed E-state index contributed by atoms with van der Waals surface area (Å²) in [5.74, 6) is 0. The Kier molecular flexibility index (Phi) is 3.41. The van der Waals surface area contributed by atoms with Crippen LogP contribution in [-0.4, -0.2) is 34.6 Å². The van der Waals surface area contributed by atoms with E-state index in [-0.39, 0.29) is 5.60 Å². The van der Waals surface area contributed by atoms with E-state index < -0.39 is 4.56 Å². The fraction of sp³-hybridized carbons (Fsp3) is 1.00. The molecule has 1 unspecified atom stereocenters. The summed E-state index contributed by atoms with van der Waals surface area (Å²) in [6.07, 6.45) is 0. The van der Waals surface area contributed by atoms with Crippen molar-refractivity contribution in [3.05, 3.63) is 0 Å². The summed E-state index contributed by atoms with van der Waals surface area (Å²) in [5.41, 5.74) is -0.308. The Morgan fingerprint density at radius 3 is 1.70 bits per heavy atom. The van der Waals surface area contributed by atoms with E-state index in [0.29, 0.717) is 0 Å². The van der Waals surface area contributed by atoms with Gasteiger partial charge in [0.2, 0.25) is 0 Å². The van der Waals surface area contributed by atoms with Gasteiger partial charge in [0.25, 0.3) is 0 Å². The number of ether oxygens (including phenoxy) is 2. The highest BCUT2D eigenvalue weighted by molar-refractivity contribution is 7.83. The molecule has 0 amide bonds. The molecule has 0 aliphatic rings. The predicted octanol–water partition coefficient (Wildman–Crippen LogP) is 0.00680. The van der Waals surface area contributed by atoms with Gasteiger partial charge in [0, 0.05) is 14.2 Å². The smallest absolute Gasteiger partial charge is 0.115 e. The quantitative estimate of drug-likeness (QED) is 0.375. The van der Waals surface area contributed by atoms with Crippen LogP contribution in [0.1, 0.15) is 13.8 Å². The second-order valence-corrected chi connectivity index (χ2v) is 6.00. The first-order valence-electron chi connectivity index (χ1n) is 3.20. The topological polar surface area (TPSA) is 18.5 Å². The molecule has 0 fully saturated rings. The summed E-state index contributed by atoms with van der Waals surface area (Å²) < 4.78 is 10.0. The van der Waals surface area contributed by atoms with Crippen LogP contribution in [0, 0.1) is 0 Å². The Bertz CT molecular complexity index is 100. The summed E-state index contributed by atoms with van der Waals surface area (Å²) >= 11 is 4.36. The standard InChI is InChI=1S/C6H16O2SSi/c1-5(2,7-3)6(9,10)8-4/h9H,1-4,10H3. The highest BCUT2D eigenvalue weighted by Crippen LogP contribution is 2.28. The summed E-state index contributed by atoms with van der Waals surface area (Å²) in [5, 5.41) is 0. The van der Waals surface area contributed by atoms with Gasteiger partial charge in [-0.2, -0.15) is 0 Å². The molecular formula is C6H16O2SSi. The van der Waals surface area contributed by atoms with E-state index in [4.69, 9.17) is 9.47 Å². The summed E-state index contributed by atoms with van der Waals surface area (Å²) in [4.78, 5) is 0. The maximum atomic E-state index is 5.23. The van der Waals surface area contributed by atoms with Crippen LogP contribution in [0.5, 0.6) is 0 Å². The Morgan fingerprint density at radius 1 is 1.20 bits per heavy atom. The van der Waals surface area contributed by atoms with Gasteiger partial charge in [-0.3, -0.25) is 0 Å². The first kappa shape index (κ1) is 10.5. The molecule has 0 radical (unpaired) electrons. The molecule has 1 atom stereocenters. The SMILES string of the molecule is COC(C)(C)C([SiH3])(S)OC. The molecule has 0 N–H and O–H groups in total. The van der Waals surface area contributed by atoms with Crippen molar-refractivity contribution in [2.45, 2.75) is 24.0 Å². The van der Waals surface area contributed by atoms with E-state index >= 15 is 0 Å². The highest BCUT2D eigenvalue weighted by atomic mass is 32.1. The molecule has 0 spiro atoms. The minimum absolute atomic E-state index is 0.308. The van der Waals surface area contributed by atoms with Crippen molar-refractivity contribution in [3.63, 3.8) is 0 Å². The van der Waals surface area contributed by atoms with Crippen LogP contribution in [0.3, 0.4) is 0 Å². The van der Waals surface area contributed by atoms with E-state index in [2.05, 4.69) is 12.6 Å². The van der Waals surface area contributed by atoms with Crippen LogP contribution in [0.2, 0.25) is 0 Å². The summed E-state index contributed by atoms with van der Waals surface area (Å²) in [7, 11) is 4.16. The second kappa shape index (κ2) is 3.26. The lowest BCUT2D eigenvalue weighted by Gasteiger charge is -2.38. The largest absolute Gasteiger partial charge is 0.375 e. The lowest BCUT2D eigenvalue weighted by molar-refractivity contribution is -0.0742. The molecule has 4 heteroatoms. The van der Waals surface area contributed by atoms with Crippen LogP contribution in [0.15, 0.2) is 0 Å². The highest BCUT2D eigenvalue weighted by Gasteiger charge is 2.37. The molecule has 0 aliphatic carbocycles. The second-order valence-electron chi connectivity index (χ2n) is 2.90. The minimum Gasteiger partial charge on any atom is -0.375 e. The third-order valence-corrected chi connectivity index (χ3v) is 4.36. The average molecular weight is 180 g/mol. The van der Waals surface area contributed by atoms with Crippen molar-refractivity contribution < 1.29 is 9.47 Å². The molecule has 0 aliphatic heterocycles. The van der Waals surface area contributed by atoms with Gasteiger partial charge in [0.15, 0.2) is 0 Å². The number of hydrogen-bond acceptors (Lipinski definition) is 3. The van der Waals surface area contributed by atoms with Crippen molar-refractivity contribution in [2.24, 2.45) is 0 Å². The van der Waals surface area contributed by atoms with E-state index in [1.165, 1.54) is 0 Å². The van der Waals surface area contributed by atoms with Crippen molar-refractivity contribution >= 4 is 22.9 Å². The van der Waals surface area contributed by atoms with Gasteiger partial charge >= 0.3 is 0 Å². The van der Waals surface area contributed by atoms with Crippen LogP contribution in [-0.2, 0) is 9.47 Å². The molecule has 2 nitrogen and oxygen atoms in total. The van der Waals surface area contributed by atoms with Gasteiger partial charge in [-0.25, -0.2) is 0 Å². The molecule has 0 rings (SSSR count). The van der Waals surface area contributed by atoms with Crippen molar-refractivity contribution in [2.75, 3.05) is 14.2 Å². The number of rotatable bonds is 3. The van der Waals surface area contributed by atoms with Crippen molar-refractivity contribution in [3.8, 4) is 0 Å². The van der Waals surface area contributed by atoms with E-state index in [9.17, 15) is 0 Å². The Hall–Kier alpha value is 0.487. The van der Waals surface area contributed by atoms with Gasteiger partial charge in [0.05, 0.1) is 15.8 Å². The van der Waals surface area contributed by atoms with Crippen molar-refractivity contribution in [1.82, 2.24) is 0 Å². The molecule has 10 heavy (non-hydrogen) atoms. The van der Waals surface area contributed by atoms with Gasteiger partial charge < -0.3 is 9.47 Å². The summed E-state index contributed by atoms with van der Waals surface area (Å²) in [6.45, 7) is 3.94. The number of hydrogen-bond donors (Lipinski definition) is 1. The first-order chi connectivity index (χ1) is 4.37. The third-order valence-electron chi connectivity index (χ3n) is 2.02. The van der Waals surface area contributed by atoms with Crippen LogP contribution < -0.4 is 0 Å². The Morgan fingerprint density at radius 2 is 1.60 bits per heavy atom. The van der Waals surface area contributed by atoms with Gasteiger partial charge in [-0.1, -0.05) is 0 Å². The Balaban J connectivity index is 4.28. The molecule has 0 bridgehead atoms. The first-order valence-corrected chi connectivity index (χ1v) is 4.65. The normalized spacial score (nSPS) is 18.9. The maximum Gasteiger partial charge on any atom is 0.115 e. The summed E-state index contributed by atoms with van der Waals surface area (Å²) in [6, 6.07) is 0. The monoisotopic (exact) mass is 180 g/mol. The number of thiol groups is 1. The maximum absolute atomic E-state index is 5.23. The molecule has 0 aromatic heterocycles. The molecule has 62 valence electrons. The lowest BCUT2D eigenvalue weighted by atomic mass is 10.1. The molecular weight excluding hydrogens is 164 g/mol. The minimum atomic E-state index is -0.401. The molecule has 0 aromatic carbocycles.